The summed E-state index contributed by atoms with van der Waals surface area (Å²) < 4.78 is 0.940. The second-order valence-corrected chi connectivity index (χ2v) is 4.09. The monoisotopic (exact) mass is 265 g/mol. The molecule has 76 valence electrons. The summed E-state index contributed by atoms with van der Waals surface area (Å²) in [6.45, 7) is 0.387. The second kappa shape index (κ2) is 3.91. The number of nitriles is 1. The van der Waals surface area contributed by atoms with E-state index in [0.717, 1.165) is 14.9 Å². The predicted molar refractivity (Wildman–Crippen MR) is 57.7 cm³/mol. The number of hydrogen-bond acceptors (Lipinski definition) is 2. The number of halogens is 1. The van der Waals surface area contributed by atoms with E-state index in [2.05, 4.69) is 21.2 Å². The standard InChI is InChI=1S/C10H8BrN3O/c11-8-4-2-1-3-7(8)9-5-14(6-12)10(15)13-9/h1-4,9H,5H2,(H,13,15). The zero-order chi connectivity index (χ0) is 10.8. The molecule has 4 nitrogen and oxygen atoms in total. The van der Waals surface area contributed by atoms with Crippen molar-refractivity contribution in [2.24, 2.45) is 0 Å². The molecule has 1 N–H and O–H groups in total. The van der Waals surface area contributed by atoms with Crippen LogP contribution in [-0.2, 0) is 0 Å². The number of benzene rings is 1. The van der Waals surface area contributed by atoms with Gasteiger partial charge in [-0.1, -0.05) is 34.1 Å². The maximum absolute atomic E-state index is 11.3. The van der Waals surface area contributed by atoms with Crippen molar-refractivity contribution in [3.8, 4) is 6.19 Å². The smallest absolute Gasteiger partial charge is 0.328 e. The second-order valence-electron chi connectivity index (χ2n) is 3.23. The molecule has 1 aromatic rings. The van der Waals surface area contributed by atoms with Crippen molar-refractivity contribution in [2.75, 3.05) is 6.54 Å². The van der Waals surface area contributed by atoms with Crippen LogP contribution in [0.5, 0.6) is 0 Å². The number of hydrogen-bond donors (Lipinski definition) is 1. The van der Waals surface area contributed by atoms with E-state index >= 15 is 0 Å². The van der Waals surface area contributed by atoms with Gasteiger partial charge in [0.05, 0.1) is 12.6 Å². The maximum atomic E-state index is 11.3. The van der Waals surface area contributed by atoms with Crippen LogP contribution in [0.25, 0.3) is 0 Å². The molecular weight excluding hydrogens is 258 g/mol. The first-order chi connectivity index (χ1) is 7.22. The van der Waals surface area contributed by atoms with E-state index < -0.39 is 0 Å². The Kier molecular flexibility index (Phi) is 2.60. The van der Waals surface area contributed by atoms with Crippen LogP contribution in [0, 0.1) is 11.5 Å². The molecule has 15 heavy (non-hydrogen) atoms. The number of amides is 2. The minimum atomic E-state index is -0.335. The summed E-state index contributed by atoms with van der Waals surface area (Å²) in [5.74, 6) is 0. The van der Waals surface area contributed by atoms with Crippen molar-refractivity contribution >= 4 is 22.0 Å². The largest absolute Gasteiger partial charge is 0.331 e. The van der Waals surface area contributed by atoms with E-state index in [1.165, 1.54) is 0 Å². The first-order valence-electron chi connectivity index (χ1n) is 4.44. The molecule has 1 unspecified atom stereocenters. The third kappa shape index (κ3) is 1.81. The lowest BCUT2D eigenvalue weighted by Crippen LogP contribution is -2.23. The van der Waals surface area contributed by atoms with Crippen LogP contribution in [0.15, 0.2) is 28.7 Å². The molecule has 0 aromatic heterocycles. The van der Waals surface area contributed by atoms with Crippen molar-refractivity contribution < 1.29 is 4.79 Å². The van der Waals surface area contributed by atoms with Gasteiger partial charge in [-0.15, -0.1) is 0 Å². The van der Waals surface area contributed by atoms with Gasteiger partial charge in [-0.05, 0) is 11.6 Å². The number of carbonyl (C=O) groups is 1. The van der Waals surface area contributed by atoms with Gasteiger partial charge in [0, 0.05) is 4.47 Å². The molecule has 1 aromatic carbocycles. The molecule has 0 bridgehead atoms. The van der Waals surface area contributed by atoms with Crippen LogP contribution in [-0.4, -0.2) is 17.5 Å². The number of rotatable bonds is 1. The summed E-state index contributed by atoms with van der Waals surface area (Å²) in [5.41, 5.74) is 0.989. The molecule has 0 radical (unpaired) electrons. The molecule has 1 heterocycles. The highest BCUT2D eigenvalue weighted by Crippen LogP contribution is 2.26. The fourth-order valence-electron chi connectivity index (χ4n) is 1.56. The van der Waals surface area contributed by atoms with Gasteiger partial charge in [0.1, 0.15) is 0 Å². The lowest BCUT2D eigenvalue weighted by molar-refractivity contribution is 0.232. The molecule has 1 atom stereocenters. The Morgan fingerprint density at radius 3 is 2.87 bits per heavy atom. The quantitative estimate of drug-likeness (QED) is 0.790. The molecule has 2 amide bonds. The third-order valence-electron chi connectivity index (χ3n) is 2.31. The summed E-state index contributed by atoms with van der Waals surface area (Å²) in [4.78, 5) is 12.4. The van der Waals surface area contributed by atoms with E-state index in [0.29, 0.717) is 6.54 Å². The number of urea groups is 1. The van der Waals surface area contributed by atoms with Crippen LogP contribution in [0.3, 0.4) is 0 Å². The van der Waals surface area contributed by atoms with Crippen LogP contribution in [0.4, 0.5) is 4.79 Å². The van der Waals surface area contributed by atoms with Crippen molar-refractivity contribution in [3.05, 3.63) is 34.3 Å². The molecular formula is C10H8BrN3O. The molecule has 2 rings (SSSR count). The van der Waals surface area contributed by atoms with Crippen LogP contribution >= 0.6 is 15.9 Å². The first-order valence-corrected chi connectivity index (χ1v) is 5.24. The highest BCUT2D eigenvalue weighted by Gasteiger charge is 2.30. The molecule has 0 saturated carbocycles. The highest BCUT2D eigenvalue weighted by molar-refractivity contribution is 9.10. The summed E-state index contributed by atoms with van der Waals surface area (Å²) in [5, 5.41) is 11.4. The van der Waals surface area contributed by atoms with E-state index in [9.17, 15) is 4.79 Å². The maximum Gasteiger partial charge on any atom is 0.331 e. The van der Waals surface area contributed by atoms with E-state index in [4.69, 9.17) is 5.26 Å². The van der Waals surface area contributed by atoms with Crippen molar-refractivity contribution in [2.45, 2.75) is 6.04 Å². The first kappa shape index (κ1) is 9.99. The van der Waals surface area contributed by atoms with E-state index in [1.54, 1.807) is 0 Å². The number of carbonyl (C=O) groups excluding carboxylic acids is 1. The summed E-state index contributed by atoms with van der Waals surface area (Å²) in [7, 11) is 0. The Balaban J connectivity index is 2.25. The minimum absolute atomic E-state index is 0.118. The van der Waals surface area contributed by atoms with Gasteiger partial charge in [0.25, 0.3) is 0 Å². The van der Waals surface area contributed by atoms with Gasteiger partial charge in [0.15, 0.2) is 6.19 Å². The summed E-state index contributed by atoms with van der Waals surface area (Å²) >= 11 is 3.42. The SMILES string of the molecule is N#CN1CC(c2ccccc2Br)NC1=O. The van der Waals surface area contributed by atoms with Gasteiger partial charge >= 0.3 is 6.03 Å². The zero-order valence-electron chi connectivity index (χ0n) is 7.77. The minimum Gasteiger partial charge on any atom is -0.328 e. The average Bonchev–Trinajstić information content (AvgIpc) is 2.60. The topological polar surface area (TPSA) is 56.1 Å². The molecule has 1 aliphatic rings. The Bertz CT molecular complexity index is 441. The van der Waals surface area contributed by atoms with E-state index in [-0.39, 0.29) is 12.1 Å². The Hall–Kier alpha value is -1.54. The van der Waals surface area contributed by atoms with Gasteiger partial charge < -0.3 is 5.32 Å². The molecule has 1 saturated heterocycles. The fraction of sp³-hybridized carbons (Fsp3) is 0.200. The predicted octanol–water partition coefficient (Wildman–Crippen LogP) is 2.00. The Morgan fingerprint density at radius 1 is 1.53 bits per heavy atom. The van der Waals surface area contributed by atoms with Crippen molar-refractivity contribution in [1.82, 2.24) is 10.2 Å². The summed E-state index contributed by atoms with van der Waals surface area (Å²) in [6, 6.07) is 7.20. The van der Waals surface area contributed by atoms with Crippen LogP contribution in [0.1, 0.15) is 11.6 Å². The van der Waals surface area contributed by atoms with Gasteiger partial charge in [-0.2, -0.15) is 5.26 Å². The van der Waals surface area contributed by atoms with Gasteiger partial charge in [0.2, 0.25) is 0 Å². The third-order valence-corrected chi connectivity index (χ3v) is 3.03. The number of nitrogens with one attached hydrogen (secondary N) is 1. The lowest BCUT2D eigenvalue weighted by atomic mass is 10.1. The Morgan fingerprint density at radius 2 is 2.27 bits per heavy atom. The van der Waals surface area contributed by atoms with Gasteiger partial charge in [-0.3, -0.25) is 0 Å². The van der Waals surface area contributed by atoms with E-state index in [1.807, 2.05) is 30.5 Å². The zero-order valence-corrected chi connectivity index (χ0v) is 9.36. The summed E-state index contributed by atoms with van der Waals surface area (Å²) in [6.07, 6.45) is 1.84. The highest BCUT2D eigenvalue weighted by atomic mass is 79.9. The molecule has 0 spiro atoms. The average molecular weight is 266 g/mol. The van der Waals surface area contributed by atoms with Gasteiger partial charge in [-0.25, -0.2) is 9.69 Å². The lowest BCUT2D eigenvalue weighted by Gasteiger charge is -2.10. The van der Waals surface area contributed by atoms with Crippen molar-refractivity contribution in [3.63, 3.8) is 0 Å². The normalized spacial score (nSPS) is 19.9. The molecule has 0 aliphatic carbocycles. The molecule has 1 aliphatic heterocycles. The van der Waals surface area contributed by atoms with Crippen LogP contribution in [0.2, 0.25) is 0 Å². The number of nitrogens with zero attached hydrogens (tertiary/aromatic N) is 2. The van der Waals surface area contributed by atoms with Crippen molar-refractivity contribution in [1.29, 1.82) is 5.26 Å². The fourth-order valence-corrected chi connectivity index (χ4v) is 2.12. The Labute approximate surface area is 95.6 Å². The molecule has 5 heteroatoms. The molecule has 1 fully saturated rings. The van der Waals surface area contributed by atoms with Crippen LogP contribution < -0.4 is 5.32 Å².